The van der Waals surface area contributed by atoms with E-state index in [1.165, 1.54) is 0 Å². The quantitative estimate of drug-likeness (QED) is 0.805. The Morgan fingerprint density at radius 3 is 2.38 bits per heavy atom. The van der Waals surface area contributed by atoms with E-state index in [9.17, 15) is 13.2 Å². The highest BCUT2D eigenvalue weighted by Crippen LogP contribution is 2.36. The maximum absolute atomic E-state index is 13.3. The molecule has 0 atom stereocenters. The van der Waals surface area contributed by atoms with Crippen LogP contribution in [0.5, 0.6) is 0 Å². The normalized spacial score (nSPS) is 20.9. The molecule has 1 saturated carbocycles. The zero-order valence-corrected chi connectivity index (χ0v) is 12.0. The lowest BCUT2D eigenvalue weighted by Gasteiger charge is -2.23. The van der Waals surface area contributed by atoms with Crippen molar-refractivity contribution in [2.24, 2.45) is 0 Å². The SMILES string of the molecule is FC(F)(F)c1nc(C2CCCCCC2)nc2c1CNCC2. The summed E-state index contributed by atoms with van der Waals surface area (Å²) in [5.74, 6) is 0.513. The fraction of sp³-hybridized carbons (Fsp3) is 0.733. The van der Waals surface area contributed by atoms with Crippen molar-refractivity contribution in [3.05, 3.63) is 22.8 Å². The second-order valence-corrected chi connectivity index (χ2v) is 5.97. The van der Waals surface area contributed by atoms with Crippen molar-refractivity contribution in [2.75, 3.05) is 6.54 Å². The first-order valence-corrected chi connectivity index (χ1v) is 7.73. The van der Waals surface area contributed by atoms with Crippen LogP contribution in [-0.4, -0.2) is 16.5 Å². The van der Waals surface area contributed by atoms with Crippen molar-refractivity contribution in [1.29, 1.82) is 0 Å². The molecule has 2 aliphatic rings. The van der Waals surface area contributed by atoms with Gasteiger partial charge in [-0.2, -0.15) is 13.2 Å². The van der Waals surface area contributed by atoms with E-state index in [1.807, 2.05) is 0 Å². The Balaban J connectivity index is 2.01. The first-order valence-electron chi connectivity index (χ1n) is 7.73. The van der Waals surface area contributed by atoms with Gasteiger partial charge in [-0.1, -0.05) is 25.7 Å². The Bertz CT molecular complexity index is 506. The van der Waals surface area contributed by atoms with E-state index in [0.717, 1.165) is 38.5 Å². The van der Waals surface area contributed by atoms with Gasteiger partial charge in [-0.3, -0.25) is 0 Å². The number of nitrogens with zero attached hydrogens (tertiary/aromatic N) is 2. The van der Waals surface area contributed by atoms with Crippen LogP contribution in [0.15, 0.2) is 0 Å². The van der Waals surface area contributed by atoms with Gasteiger partial charge in [0.05, 0.1) is 5.69 Å². The van der Waals surface area contributed by atoms with E-state index in [0.29, 0.717) is 24.5 Å². The number of halogens is 3. The minimum atomic E-state index is -4.40. The first-order chi connectivity index (χ1) is 10.1. The Labute approximate surface area is 122 Å². The first kappa shape index (κ1) is 14.8. The highest BCUT2D eigenvalue weighted by atomic mass is 19.4. The number of fused-ring (bicyclic) bond motifs is 1. The fourth-order valence-electron chi connectivity index (χ4n) is 3.32. The van der Waals surface area contributed by atoms with Crippen molar-refractivity contribution in [3.8, 4) is 0 Å². The van der Waals surface area contributed by atoms with E-state index in [2.05, 4.69) is 15.3 Å². The molecule has 1 aliphatic carbocycles. The molecule has 1 N–H and O–H groups in total. The molecular weight excluding hydrogens is 279 g/mol. The van der Waals surface area contributed by atoms with E-state index in [-0.39, 0.29) is 18.0 Å². The predicted octanol–water partition coefficient (Wildman–Crippen LogP) is 3.58. The molecule has 1 fully saturated rings. The Kier molecular flexibility index (Phi) is 4.15. The van der Waals surface area contributed by atoms with Gasteiger partial charge in [-0.15, -0.1) is 0 Å². The lowest BCUT2D eigenvalue weighted by Crippen LogP contribution is -2.30. The summed E-state index contributed by atoms with van der Waals surface area (Å²) >= 11 is 0. The molecular formula is C15H20F3N3. The zero-order chi connectivity index (χ0) is 14.9. The average molecular weight is 299 g/mol. The van der Waals surface area contributed by atoms with Crippen molar-refractivity contribution in [2.45, 2.75) is 63.6 Å². The summed E-state index contributed by atoms with van der Waals surface area (Å²) in [7, 11) is 0. The van der Waals surface area contributed by atoms with Gasteiger partial charge in [0, 0.05) is 31.0 Å². The summed E-state index contributed by atoms with van der Waals surface area (Å²) in [5, 5.41) is 2.98. The summed E-state index contributed by atoms with van der Waals surface area (Å²) < 4.78 is 39.9. The highest BCUT2D eigenvalue weighted by Gasteiger charge is 2.38. The molecule has 0 aromatic carbocycles. The van der Waals surface area contributed by atoms with E-state index in [4.69, 9.17) is 0 Å². The van der Waals surface area contributed by atoms with Crippen molar-refractivity contribution < 1.29 is 13.2 Å². The molecule has 0 unspecified atom stereocenters. The average Bonchev–Trinajstić information content (AvgIpc) is 2.74. The van der Waals surface area contributed by atoms with Crippen LogP contribution in [-0.2, 0) is 19.1 Å². The number of hydrogen-bond acceptors (Lipinski definition) is 3. The summed E-state index contributed by atoms with van der Waals surface area (Å²) in [4.78, 5) is 8.45. The number of aromatic nitrogens is 2. The van der Waals surface area contributed by atoms with Gasteiger partial charge in [-0.25, -0.2) is 9.97 Å². The van der Waals surface area contributed by atoms with Gasteiger partial charge in [0.2, 0.25) is 0 Å². The van der Waals surface area contributed by atoms with E-state index < -0.39 is 11.9 Å². The molecule has 1 aromatic rings. The summed E-state index contributed by atoms with van der Waals surface area (Å²) in [6.07, 6.45) is 2.44. The molecule has 0 amide bonds. The van der Waals surface area contributed by atoms with Crippen LogP contribution in [0.2, 0.25) is 0 Å². The van der Waals surface area contributed by atoms with E-state index in [1.54, 1.807) is 0 Å². The molecule has 0 saturated heterocycles. The van der Waals surface area contributed by atoms with Gasteiger partial charge < -0.3 is 5.32 Å². The standard InChI is InChI=1S/C15H20F3N3/c16-15(17,18)13-11-9-19-8-7-12(11)20-14(21-13)10-5-3-1-2-4-6-10/h10,19H,1-9H2. The maximum Gasteiger partial charge on any atom is 0.433 e. The van der Waals surface area contributed by atoms with Crippen molar-refractivity contribution in [1.82, 2.24) is 15.3 Å². The van der Waals surface area contributed by atoms with Crippen LogP contribution >= 0.6 is 0 Å². The van der Waals surface area contributed by atoms with Crippen LogP contribution in [0.4, 0.5) is 13.2 Å². The molecule has 3 rings (SSSR count). The second kappa shape index (κ2) is 5.91. The van der Waals surface area contributed by atoms with Crippen molar-refractivity contribution >= 4 is 0 Å². The second-order valence-electron chi connectivity index (χ2n) is 5.97. The largest absolute Gasteiger partial charge is 0.433 e. The number of rotatable bonds is 1. The minimum Gasteiger partial charge on any atom is -0.312 e. The number of hydrogen-bond donors (Lipinski definition) is 1. The summed E-state index contributed by atoms with van der Waals surface area (Å²) in [6, 6.07) is 0. The third-order valence-electron chi connectivity index (χ3n) is 4.44. The fourth-order valence-corrected chi connectivity index (χ4v) is 3.32. The number of alkyl halides is 3. The molecule has 0 spiro atoms. The summed E-state index contributed by atoms with van der Waals surface area (Å²) in [6.45, 7) is 0.903. The van der Waals surface area contributed by atoms with Gasteiger partial charge in [-0.05, 0) is 12.8 Å². The molecule has 6 heteroatoms. The zero-order valence-electron chi connectivity index (χ0n) is 12.0. The minimum absolute atomic E-state index is 0.0915. The van der Waals surface area contributed by atoms with Crippen LogP contribution < -0.4 is 5.32 Å². The molecule has 1 aromatic heterocycles. The third kappa shape index (κ3) is 3.20. The lowest BCUT2D eigenvalue weighted by atomic mass is 9.97. The van der Waals surface area contributed by atoms with E-state index >= 15 is 0 Å². The molecule has 1 aliphatic heterocycles. The molecule has 21 heavy (non-hydrogen) atoms. The Hall–Kier alpha value is -1.17. The Morgan fingerprint density at radius 1 is 1.00 bits per heavy atom. The lowest BCUT2D eigenvalue weighted by molar-refractivity contribution is -0.142. The smallest absolute Gasteiger partial charge is 0.312 e. The topological polar surface area (TPSA) is 37.8 Å². The van der Waals surface area contributed by atoms with Gasteiger partial charge in [0.15, 0.2) is 5.69 Å². The molecule has 116 valence electrons. The summed E-state index contributed by atoms with van der Waals surface area (Å²) in [5.41, 5.74) is 0.111. The van der Waals surface area contributed by atoms with Crippen LogP contribution in [0.25, 0.3) is 0 Å². The Morgan fingerprint density at radius 2 is 1.71 bits per heavy atom. The maximum atomic E-state index is 13.3. The number of nitrogens with one attached hydrogen (secondary N) is 1. The molecule has 2 heterocycles. The molecule has 0 radical (unpaired) electrons. The molecule has 0 bridgehead atoms. The van der Waals surface area contributed by atoms with Gasteiger partial charge in [0.1, 0.15) is 5.82 Å². The van der Waals surface area contributed by atoms with Crippen LogP contribution in [0, 0.1) is 0 Å². The van der Waals surface area contributed by atoms with Gasteiger partial charge in [0.25, 0.3) is 0 Å². The van der Waals surface area contributed by atoms with Crippen LogP contribution in [0.3, 0.4) is 0 Å². The predicted molar refractivity (Wildman–Crippen MR) is 72.9 cm³/mol. The van der Waals surface area contributed by atoms with Gasteiger partial charge >= 0.3 is 6.18 Å². The highest BCUT2D eigenvalue weighted by molar-refractivity contribution is 5.31. The van der Waals surface area contributed by atoms with Crippen LogP contribution in [0.1, 0.15) is 67.2 Å². The monoisotopic (exact) mass is 299 g/mol. The third-order valence-corrected chi connectivity index (χ3v) is 4.44. The molecule has 3 nitrogen and oxygen atoms in total. The van der Waals surface area contributed by atoms with Crippen molar-refractivity contribution in [3.63, 3.8) is 0 Å².